The Bertz CT molecular complexity index is 1490. The van der Waals surface area contributed by atoms with Crippen LogP contribution in [-0.2, 0) is 22.5 Å². The van der Waals surface area contributed by atoms with Crippen LogP contribution in [0, 0.1) is 0 Å². The molecule has 1 heterocycles. The molecule has 4 rings (SSSR count). The van der Waals surface area contributed by atoms with E-state index in [0.29, 0.717) is 28.1 Å². The number of aryl methyl sites for hydroxylation is 1. The van der Waals surface area contributed by atoms with E-state index in [4.69, 9.17) is 9.47 Å². The topological polar surface area (TPSA) is 94.2 Å². The molecule has 0 fully saturated rings. The fourth-order valence-electron chi connectivity index (χ4n) is 4.46. The van der Waals surface area contributed by atoms with Gasteiger partial charge in [-0.05, 0) is 74.7 Å². The zero-order chi connectivity index (χ0) is 32.1. The Morgan fingerprint density at radius 1 is 0.955 bits per heavy atom. The third-order valence-electron chi connectivity index (χ3n) is 6.53. The molecule has 1 aliphatic rings. The number of halogens is 3. The van der Waals surface area contributed by atoms with Crippen molar-refractivity contribution in [2.75, 3.05) is 17.8 Å². The molecule has 0 unspecified atom stereocenters. The van der Waals surface area contributed by atoms with Crippen molar-refractivity contribution in [2.45, 2.75) is 63.1 Å². The van der Waals surface area contributed by atoms with Gasteiger partial charge in [-0.3, -0.25) is 9.59 Å². The summed E-state index contributed by atoms with van der Waals surface area (Å²) >= 11 is 1.34. The molecule has 0 aromatic heterocycles. The van der Waals surface area contributed by atoms with Crippen LogP contribution in [0.2, 0.25) is 0 Å². The van der Waals surface area contributed by atoms with Gasteiger partial charge in [-0.1, -0.05) is 30.3 Å². The zero-order valence-corrected chi connectivity index (χ0v) is 25.5. The summed E-state index contributed by atoms with van der Waals surface area (Å²) in [6.45, 7) is 5.09. The second-order valence-corrected chi connectivity index (χ2v) is 12.1. The van der Waals surface area contributed by atoms with Gasteiger partial charge < -0.3 is 24.4 Å². The van der Waals surface area contributed by atoms with Gasteiger partial charge in [0.1, 0.15) is 23.1 Å². The molecule has 1 aliphatic heterocycles. The molecule has 0 saturated carbocycles. The molecule has 8 nitrogen and oxygen atoms in total. The number of anilines is 1. The average Bonchev–Trinajstić information content (AvgIpc) is 3.07. The monoisotopic (exact) mass is 630 g/mol. The lowest BCUT2D eigenvalue weighted by Crippen LogP contribution is -2.50. The van der Waals surface area contributed by atoms with E-state index in [0.717, 1.165) is 23.4 Å². The first-order chi connectivity index (χ1) is 20.7. The van der Waals surface area contributed by atoms with Gasteiger partial charge in [-0.15, -0.1) is 24.9 Å². The largest absolute Gasteiger partial charge is 0.573 e. The summed E-state index contributed by atoms with van der Waals surface area (Å²) in [5.74, 6) is -0.0587. The van der Waals surface area contributed by atoms with Gasteiger partial charge in [0.05, 0.1) is 19.3 Å². The summed E-state index contributed by atoms with van der Waals surface area (Å²) in [5.41, 5.74) is 1.56. The molecule has 1 N–H and O–H groups in total. The van der Waals surface area contributed by atoms with Crippen molar-refractivity contribution in [3.63, 3.8) is 0 Å². The molecule has 1 atom stereocenters. The van der Waals surface area contributed by atoms with Crippen LogP contribution in [0.5, 0.6) is 11.5 Å². The quantitative estimate of drug-likeness (QED) is 0.256. The maximum absolute atomic E-state index is 13.9. The third-order valence-corrected chi connectivity index (χ3v) is 7.69. The zero-order valence-electron chi connectivity index (χ0n) is 24.7. The molecule has 0 aliphatic carbocycles. The number of amides is 2. The maximum atomic E-state index is 13.9. The second-order valence-electron chi connectivity index (χ2n) is 11.1. The summed E-state index contributed by atoms with van der Waals surface area (Å²) in [7, 11) is 1.58. The van der Waals surface area contributed by atoms with Crippen LogP contribution in [0.25, 0.3) is 0 Å². The molecular formula is C32H33F3N2O6S. The predicted octanol–water partition coefficient (Wildman–Crippen LogP) is 6.94. The number of hydrogen-bond donors (Lipinski definition) is 1. The van der Waals surface area contributed by atoms with Gasteiger partial charge in [0.25, 0.3) is 5.91 Å². The molecule has 44 heavy (non-hydrogen) atoms. The molecule has 3 aromatic rings. The van der Waals surface area contributed by atoms with Crippen molar-refractivity contribution < 1.29 is 41.8 Å². The standard InChI is InChI=1S/C32H33F3N2O6S/c1-31(2,3)43-30(40)36-25-19-44-28-16-10-22(27(38)15-9-20-5-11-23(41-4)12-6-20)17-26(28)37(29(25)39)18-21-7-13-24(14-8-21)42-32(33,34)35/h5-8,10-14,16-17,25H,9,15,18-19H2,1-4H3,(H,36,40)/t25-/m0/s1. The van der Waals surface area contributed by atoms with Crippen molar-refractivity contribution in [2.24, 2.45) is 0 Å². The number of rotatable bonds is 9. The lowest BCUT2D eigenvalue weighted by molar-refractivity contribution is -0.274. The second kappa shape index (κ2) is 13.6. The van der Waals surface area contributed by atoms with Gasteiger partial charge in [-0.25, -0.2) is 4.79 Å². The Balaban J connectivity index is 1.60. The first-order valence-electron chi connectivity index (χ1n) is 13.8. The van der Waals surface area contributed by atoms with Crippen LogP contribution in [-0.4, -0.2) is 48.7 Å². The molecule has 0 radical (unpaired) electrons. The first kappa shape index (κ1) is 32.7. The van der Waals surface area contributed by atoms with Gasteiger partial charge in [0, 0.05) is 22.6 Å². The number of Topliss-reactive ketones (excluding diaryl/α,β-unsaturated/α-hetero) is 1. The number of fused-ring (bicyclic) bond motifs is 1. The lowest BCUT2D eigenvalue weighted by atomic mass is 10.0. The molecule has 3 aromatic carbocycles. The number of hydrogen-bond acceptors (Lipinski definition) is 7. The Kier molecular flexibility index (Phi) is 10.1. The van der Waals surface area contributed by atoms with Gasteiger partial charge in [-0.2, -0.15) is 0 Å². The lowest BCUT2D eigenvalue weighted by Gasteiger charge is -2.27. The first-order valence-corrected chi connectivity index (χ1v) is 14.8. The number of methoxy groups -OCH3 is 1. The van der Waals surface area contributed by atoms with Crippen LogP contribution in [0.3, 0.4) is 0 Å². The van der Waals surface area contributed by atoms with Crippen molar-refractivity contribution in [3.05, 3.63) is 83.4 Å². The number of alkyl carbamates (subject to hydrolysis) is 1. The highest BCUT2D eigenvalue weighted by atomic mass is 32.2. The summed E-state index contributed by atoms with van der Waals surface area (Å²) in [4.78, 5) is 41.8. The summed E-state index contributed by atoms with van der Waals surface area (Å²) in [6, 6.07) is 16.8. The van der Waals surface area contributed by atoms with Crippen LogP contribution in [0.15, 0.2) is 71.6 Å². The number of carbonyl (C=O) groups excluding carboxylic acids is 3. The molecule has 0 spiro atoms. The predicted molar refractivity (Wildman–Crippen MR) is 160 cm³/mol. The number of nitrogens with one attached hydrogen (secondary N) is 1. The maximum Gasteiger partial charge on any atom is 0.573 e. The number of alkyl halides is 3. The minimum Gasteiger partial charge on any atom is -0.497 e. The van der Waals surface area contributed by atoms with Crippen molar-refractivity contribution >= 4 is 35.2 Å². The fourth-order valence-corrected chi connectivity index (χ4v) is 5.52. The van der Waals surface area contributed by atoms with E-state index in [-0.39, 0.29) is 24.5 Å². The SMILES string of the molecule is COc1ccc(CCC(=O)c2ccc3c(c2)N(Cc2ccc(OC(F)(F)F)cc2)C(=O)[C@@H](NC(=O)OC(C)(C)C)CS3)cc1. The smallest absolute Gasteiger partial charge is 0.497 e. The highest BCUT2D eigenvalue weighted by Gasteiger charge is 2.34. The number of ether oxygens (including phenoxy) is 3. The normalized spacial score (nSPS) is 15.2. The van der Waals surface area contributed by atoms with Crippen LogP contribution < -0.4 is 19.7 Å². The van der Waals surface area contributed by atoms with E-state index in [1.165, 1.54) is 28.8 Å². The Labute approximate surface area is 257 Å². The van der Waals surface area contributed by atoms with Crippen LogP contribution >= 0.6 is 11.8 Å². The van der Waals surface area contributed by atoms with E-state index >= 15 is 0 Å². The van der Waals surface area contributed by atoms with Crippen molar-refractivity contribution in [1.82, 2.24) is 5.32 Å². The number of thioether (sulfide) groups is 1. The third kappa shape index (κ3) is 9.15. The average molecular weight is 631 g/mol. The highest BCUT2D eigenvalue weighted by Crippen LogP contribution is 2.37. The van der Waals surface area contributed by atoms with Crippen LogP contribution in [0.4, 0.5) is 23.7 Å². The minimum absolute atomic E-state index is 0.0331. The van der Waals surface area contributed by atoms with E-state index in [1.54, 1.807) is 46.1 Å². The van der Waals surface area contributed by atoms with E-state index < -0.39 is 35.8 Å². The summed E-state index contributed by atoms with van der Waals surface area (Å²) in [6.07, 6.45) is -4.86. The number of nitrogens with zero attached hydrogens (tertiary/aromatic N) is 1. The summed E-state index contributed by atoms with van der Waals surface area (Å²) in [5, 5.41) is 2.64. The van der Waals surface area contributed by atoms with E-state index in [2.05, 4.69) is 10.1 Å². The summed E-state index contributed by atoms with van der Waals surface area (Å²) < 4.78 is 52.5. The minimum atomic E-state index is -4.84. The number of carbonyl (C=O) groups is 3. The van der Waals surface area contributed by atoms with Gasteiger partial charge >= 0.3 is 12.5 Å². The van der Waals surface area contributed by atoms with Crippen molar-refractivity contribution in [3.8, 4) is 11.5 Å². The molecule has 12 heteroatoms. The van der Waals surface area contributed by atoms with Gasteiger partial charge in [0.15, 0.2) is 5.78 Å². The Hall–Kier alpha value is -4.19. The molecule has 0 saturated heterocycles. The Morgan fingerprint density at radius 3 is 2.20 bits per heavy atom. The number of ketones is 1. The molecular weight excluding hydrogens is 597 g/mol. The van der Waals surface area contributed by atoms with E-state index in [1.807, 2.05) is 24.3 Å². The van der Waals surface area contributed by atoms with Crippen molar-refractivity contribution in [1.29, 1.82) is 0 Å². The Morgan fingerprint density at radius 2 is 1.59 bits per heavy atom. The fraction of sp³-hybridized carbons (Fsp3) is 0.344. The highest BCUT2D eigenvalue weighted by molar-refractivity contribution is 7.99. The van der Waals surface area contributed by atoms with Crippen LogP contribution in [0.1, 0.15) is 48.7 Å². The molecule has 2 amide bonds. The van der Waals surface area contributed by atoms with E-state index in [9.17, 15) is 27.6 Å². The molecule has 234 valence electrons. The number of benzene rings is 3. The molecule has 0 bridgehead atoms. The van der Waals surface area contributed by atoms with Gasteiger partial charge in [0.2, 0.25) is 0 Å².